The molecule has 2 saturated heterocycles. The Labute approximate surface area is 183 Å². The Balaban J connectivity index is 1.63. The lowest BCUT2D eigenvalue weighted by Gasteiger charge is -2.48. The number of carbonyl (C=O) groups is 1. The zero-order valence-electron chi connectivity index (χ0n) is 17.6. The molecule has 1 amide bonds. The Kier molecular flexibility index (Phi) is 4.38. The van der Waals surface area contributed by atoms with Crippen LogP contribution in [0, 0.1) is 5.82 Å². The second-order valence-electron chi connectivity index (χ2n) is 9.24. The molecule has 2 aromatic rings. The van der Waals surface area contributed by atoms with Crippen molar-refractivity contribution in [3.8, 4) is 11.9 Å². The van der Waals surface area contributed by atoms with Gasteiger partial charge >= 0.3 is 12.1 Å². The molecule has 11 heteroatoms. The van der Waals surface area contributed by atoms with Gasteiger partial charge in [0.2, 0.25) is 5.88 Å². The smallest absolute Gasteiger partial charge is 0.410 e. The minimum atomic E-state index is -0.843. The lowest BCUT2D eigenvalue weighted by atomic mass is 9.98. The summed E-state index contributed by atoms with van der Waals surface area (Å²) >= 11 is 5.95. The molecule has 3 aliphatic rings. The Hall–Kier alpha value is -2.62. The lowest BCUT2D eigenvalue weighted by Crippen LogP contribution is -2.65. The highest BCUT2D eigenvalue weighted by Crippen LogP contribution is 2.45. The fourth-order valence-electron chi connectivity index (χ4n) is 5.00. The summed E-state index contributed by atoms with van der Waals surface area (Å²) < 4.78 is 26.5. The van der Waals surface area contributed by atoms with E-state index in [1.807, 2.05) is 32.6 Å². The van der Waals surface area contributed by atoms with E-state index in [0.29, 0.717) is 12.4 Å². The third kappa shape index (κ3) is 3.10. The number of aromatic nitrogens is 3. The molecule has 9 nitrogen and oxygen atoms in total. The van der Waals surface area contributed by atoms with E-state index < -0.39 is 28.7 Å². The monoisotopic (exact) mass is 451 g/mol. The van der Waals surface area contributed by atoms with Crippen LogP contribution < -0.4 is 9.64 Å². The van der Waals surface area contributed by atoms with Crippen molar-refractivity contribution in [2.45, 2.75) is 70.4 Å². The molecule has 4 atom stereocenters. The van der Waals surface area contributed by atoms with E-state index >= 15 is 0 Å². The fraction of sp³-hybridized carbons (Fsp3) is 0.600. The van der Waals surface area contributed by atoms with Crippen LogP contribution in [-0.4, -0.2) is 67.4 Å². The summed E-state index contributed by atoms with van der Waals surface area (Å²) in [4.78, 5) is 28.9. The van der Waals surface area contributed by atoms with Gasteiger partial charge < -0.3 is 19.5 Å². The molecule has 166 valence electrons. The topological polar surface area (TPSA) is 101 Å². The van der Waals surface area contributed by atoms with Crippen molar-refractivity contribution in [3.05, 3.63) is 11.0 Å². The summed E-state index contributed by atoms with van der Waals surface area (Å²) in [5.41, 5.74) is -0.759. The van der Waals surface area contributed by atoms with E-state index in [4.69, 9.17) is 21.1 Å². The van der Waals surface area contributed by atoms with E-state index in [1.54, 1.807) is 4.90 Å². The van der Waals surface area contributed by atoms with Crippen LogP contribution in [0.15, 0.2) is 0 Å². The van der Waals surface area contributed by atoms with E-state index in [1.165, 1.54) is 0 Å². The van der Waals surface area contributed by atoms with Crippen molar-refractivity contribution in [1.29, 1.82) is 0 Å². The maximum atomic E-state index is 14.7. The van der Waals surface area contributed by atoms with Gasteiger partial charge in [0.25, 0.3) is 0 Å². The van der Waals surface area contributed by atoms with Crippen LogP contribution in [0.3, 0.4) is 0 Å². The molecule has 0 saturated carbocycles. The standard InChI is InChI=1S/C20H23ClFN5O4/c1-8-14-10-6-5-9(27(10)19(29)31-20(2,3)4)7-26(14)16-11-13(23-18(28)25-16)12(22)15(21)24-17(11)30-8/h8-10,14H,5-7H2,1-4H3,(H,23,25,28)/t8-,9+,10-,14+/m0/s1. The Bertz CT molecular complexity index is 1090. The van der Waals surface area contributed by atoms with Crippen molar-refractivity contribution < 1.29 is 23.8 Å². The van der Waals surface area contributed by atoms with Gasteiger partial charge in [-0.1, -0.05) is 11.6 Å². The highest BCUT2D eigenvalue weighted by atomic mass is 35.5. The van der Waals surface area contributed by atoms with Crippen LogP contribution in [0.1, 0.15) is 40.5 Å². The maximum absolute atomic E-state index is 14.7. The average Bonchev–Trinajstić information content (AvgIpc) is 2.91. The Morgan fingerprint density at radius 3 is 2.74 bits per heavy atom. The van der Waals surface area contributed by atoms with E-state index in [-0.39, 0.29) is 41.0 Å². The largest absolute Gasteiger partial charge is 0.479 e. The summed E-state index contributed by atoms with van der Waals surface area (Å²) in [6, 6.07) is -1.18. The zero-order chi connectivity index (χ0) is 22.2. The van der Waals surface area contributed by atoms with Gasteiger partial charge in [0.1, 0.15) is 28.4 Å². The normalized spacial score (nSPS) is 27.0. The minimum Gasteiger partial charge on any atom is -0.479 e. The highest BCUT2D eigenvalue weighted by Gasteiger charge is 2.53. The number of nitrogens with zero attached hydrogens (tertiary/aromatic N) is 5. The molecule has 0 unspecified atom stereocenters. The minimum absolute atomic E-state index is 0.109. The highest BCUT2D eigenvalue weighted by molar-refractivity contribution is 6.30. The van der Waals surface area contributed by atoms with Gasteiger partial charge in [-0.05, 0) is 40.5 Å². The van der Waals surface area contributed by atoms with Crippen LogP contribution in [-0.2, 0) is 4.74 Å². The number of hydrogen-bond donors (Lipinski definition) is 1. The first-order valence-electron chi connectivity index (χ1n) is 10.3. The van der Waals surface area contributed by atoms with Gasteiger partial charge in [-0.25, -0.2) is 9.18 Å². The van der Waals surface area contributed by atoms with Crippen LogP contribution in [0.4, 0.5) is 15.0 Å². The summed E-state index contributed by atoms with van der Waals surface area (Å²) in [5, 5.41) is 10.0. The number of piperazine rings is 1. The second-order valence-corrected chi connectivity index (χ2v) is 9.60. The number of anilines is 1. The Morgan fingerprint density at radius 2 is 2.03 bits per heavy atom. The molecule has 0 aliphatic carbocycles. The van der Waals surface area contributed by atoms with Crippen molar-refractivity contribution in [1.82, 2.24) is 19.9 Å². The summed E-state index contributed by atoms with van der Waals surface area (Å²) in [7, 11) is 0. The molecule has 1 N–H and O–H groups in total. The number of hydrogen-bond acceptors (Lipinski definition) is 8. The molecule has 5 heterocycles. The third-order valence-electron chi connectivity index (χ3n) is 6.04. The predicted molar refractivity (Wildman–Crippen MR) is 110 cm³/mol. The number of halogens is 2. The van der Waals surface area contributed by atoms with Gasteiger partial charge in [0, 0.05) is 6.54 Å². The molecule has 31 heavy (non-hydrogen) atoms. The van der Waals surface area contributed by atoms with Gasteiger partial charge in [0.15, 0.2) is 11.0 Å². The van der Waals surface area contributed by atoms with Gasteiger partial charge in [0.05, 0.1) is 18.1 Å². The first-order chi connectivity index (χ1) is 14.5. The zero-order valence-corrected chi connectivity index (χ0v) is 18.4. The van der Waals surface area contributed by atoms with Crippen molar-refractivity contribution in [3.63, 3.8) is 0 Å². The number of fused-ring (bicyclic) bond motifs is 5. The molecule has 0 radical (unpaired) electrons. The first-order valence-corrected chi connectivity index (χ1v) is 10.6. The van der Waals surface area contributed by atoms with Crippen molar-refractivity contribution >= 4 is 34.4 Å². The quantitative estimate of drug-likeness (QED) is 0.609. The number of amides is 1. The number of rotatable bonds is 0. The number of ether oxygens (including phenoxy) is 2. The molecule has 3 aliphatic heterocycles. The molecule has 0 aromatic carbocycles. The second kappa shape index (κ2) is 6.69. The number of pyridine rings is 1. The van der Waals surface area contributed by atoms with Gasteiger partial charge in [-0.15, -0.1) is 0 Å². The third-order valence-corrected chi connectivity index (χ3v) is 6.29. The molecule has 2 bridgehead atoms. The SMILES string of the molecule is C[C@@H]1Oc2nc(Cl)c(F)c3nc(O)nc(c23)N2C[C@H]3CC[C@@H]([C@@H]12)N3C(=O)OC(C)(C)C. The van der Waals surface area contributed by atoms with Crippen molar-refractivity contribution in [2.75, 3.05) is 11.4 Å². The fourth-order valence-corrected chi connectivity index (χ4v) is 5.17. The summed E-state index contributed by atoms with van der Waals surface area (Å²) in [6.45, 7) is 7.81. The van der Waals surface area contributed by atoms with Crippen LogP contribution >= 0.6 is 11.6 Å². The average molecular weight is 452 g/mol. The molecule has 5 rings (SSSR count). The number of carbonyl (C=O) groups excluding carboxylic acids is 1. The van der Waals surface area contributed by atoms with Crippen LogP contribution in [0.5, 0.6) is 11.9 Å². The molecular weight excluding hydrogens is 429 g/mol. The summed E-state index contributed by atoms with van der Waals surface area (Å²) in [5.74, 6) is -0.405. The lowest BCUT2D eigenvalue weighted by molar-refractivity contribution is 0.000941. The molecule has 2 fully saturated rings. The van der Waals surface area contributed by atoms with E-state index in [9.17, 15) is 14.3 Å². The van der Waals surface area contributed by atoms with Crippen LogP contribution in [0.2, 0.25) is 5.15 Å². The van der Waals surface area contributed by atoms with E-state index in [0.717, 1.165) is 12.8 Å². The Morgan fingerprint density at radius 1 is 1.29 bits per heavy atom. The van der Waals surface area contributed by atoms with Crippen molar-refractivity contribution in [2.24, 2.45) is 0 Å². The molecule has 0 spiro atoms. The predicted octanol–water partition coefficient (Wildman–Crippen LogP) is 3.26. The summed E-state index contributed by atoms with van der Waals surface area (Å²) in [6.07, 6.45) is 0.765. The number of aromatic hydroxyl groups is 1. The van der Waals surface area contributed by atoms with E-state index in [2.05, 4.69) is 15.0 Å². The van der Waals surface area contributed by atoms with Gasteiger partial charge in [-0.3, -0.25) is 4.90 Å². The molecule has 2 aromatic heterocycles. The first kappa shape index (κ1) is 20.3. The molecular formula is C20H23ClFN5O4. The van der Waals surface area contributed by atoms with Crippen LogP contribution in [0.25, 0.3) is 10.9 Å². The van der Waals surface area contributed by atoms with Gasteiger partial charge in [-0.2, -0.15) is 15.0 Å². The maximum Gasteiger partial charge on any atom is 0.410 e.